The molecule has 0 aliphatic heterocycles. The number of carbonyl (C=O) groups excluding carboxylic acids is 1. The average molecular weight is 344 g/mol. The molecule has 0 heterocycles. The molecule has 0 aliphatic rings. The van der Waals surface area contributed by atoms with Gasteiger partial charge in [-0.25, -0.2) is 4.79 Å². The molecule has 0 radical (unpaired) electrons. The Morgan fingerprint density at radius 2 is 2.20 bits per heavy atom. The molecule has 0 fully saturated rings. The van der Waals surface area contributed by atoms with Crippen molar-refractivity contribution in [3.8, 4) is 0 Å². The number of halogens is 1. The monoisotopic (exact) mass is 343 g/mol. The molecule has 0 bridgehead atoms. The first-order valence-electron chi connectivity index (χ1n) is 6.69. The number of carbonyl (C=O) groups is 1. The fraction of sp³-hybridized carbons (Fsp3) is 0.533. The van der Waals surface area contributed by atoms with Crippen LogP contribution in [0.5, 0.6) is 0 Å². The van der Waals surface area contributed by atoms with Crippen LogP contribution in [-0.4, -0.2) is 30.3 Å². The van der Waals surface area contributed by atoms with Crippen molar-refractivity contribution in [1.82, 2.24) is 5.32 Å². The summed E-state index contributed by atoms with van der Waals surface area (Å²) in [7, 11) is 1.36. The Kier molecular flexibility index (Phi) is 6.65. The van der Waals surface area contributed by atoms with E-state index in [0.717, 1.165) is 22.9 Å². The summed E-state index contributed by atoms with van der Waals surface area (Å²) in [4.78, 5) is 11.4. The second-order valence-electron chi connectivity index (χ2n) is 5.15. The molecule has 112 valence electrons. The maximum atomic E-state index is 11.4. The number of nitrogens with one attached hydrogen (secondary N) is 1. The van der Waals surface area contributed by atoms with Gasteiger partial charge in [-0.3, -0.25) is 0 Å². The van der Waals surface area contributed by atoms with Gasteiger partial charge in [0.2, 0.25) is 0 Å². The van der Waals surface area contributed by atoms with Crippen molar-refractivity contribution in [2.75, 3.05) is 13.7 Å². The van der Waals surface area contributed by atoms with E-state index >= 15 is 0 Å². The second kappa shape index (κ2) is 7.76. The van der Waals surface area contributed by atoms with E-state index < -0.39 is 5.60 Å². The van der Waals surface area contributed by atoms with Crippen LogP contribution in [0.25, 0.3) is 0 Å². The molecule has 1 aromatic carbocycles. The molecular weight excluding hydrogens is 322 g/mol. The lowest BCUT2D eigenvalue weighted by atomic mass is 10.0. The summed E-state index contributed by atoms with van der Waals surface area (Å²) in [6, 6.07) is 5.35. The third-order valence-electron chi connectivity index (χ3n) is 3.08. The molecule has 0 saturated carbocycles. The molecule has 1 rings (SSSR count). The number of methoxy groups -OCH3 is 1. The summed E-state index contributed by atoms with van der Waals surface area (Å²) >= 11 is 3.45. The number of esters is 1. The fourth-order valence-electron chi connectivity index (χ4n) is 2.03. The smallest absolute Gasteiger partial charge is 0.337 e. The summed E-state index contributed by atoms with van der Waals surface area (Å²) in [5.74, 6) is -0.351. The Hall–Kier alpha value is -0.910. The van der Waals surface area contributed by atoms with Crippen molar-refractivity contribution >= 4 is 21.9 Å². The molecule has 1 aromatic rings. The van der Waals surface area contributed by atoms with E-state index in [1.807, 2.05) is 13.0 Å². The molecule has 1 unspecified atom stereocenters. The van der Waals surface area contributed by atoms with E-state index in [1.54, 1.807) is 12.1 Å². The Balaban J connectivity index is 2.59. The first-order valence-corrected chi connectivity index (χ1v) is 7.48. The zero-order valence-corrected chi connectivity index (χ0v) is 13.8. The quantitative estimate of drug-likeness (QED) is 0.747. The van der Waals surface area contributed by atoms with Crippen molar-refractivity contribution in [2.24, 2.45) is 0 Å². The lowest BCUT2D eigenvalue weighted by Gasteiger charge is -2.23. The maximum Gasteiger partial charge on any atom is 0.337 e. The Bertz CT molecular complexity index is 460. The minimum atomic E-state index is -0.687. The van der Waals surface area contributed by atoms with Crippen LogP contribution in [0.3, 0.4) is 0 Å². The van der Waals surface area contributed by atoms with E-state index in [2.05, 4.69) is 32.9 Å². The lowest BCUT2D eigenvalue weighted by Crippen LogP contribution is -2.37. The average Bonchev–Trinajstić information content (AvgIpc) is 2.39. The maximum absolute atomic E-state index is 11.4. The van der Waals surface area contributed by atoms with Crippen LogP contribution >= 0.6 is 15.9 Å². The van der Waals surface area contributed by atoms with Crippen molar-refractivity contribution in [3.63, 3.8) is 0 Å². The van der Waals surface area contributed by atoms with Crippen molar-refractivity contribution < 1.29 is 14.6 Å². The predicted molar refractivity (Wildman–Crippen MR) is 82.7 cm³/mol. The molecule has 4 nitrogen and oxygen atoms in total. The SMILES string of the molecule is CCCC(C)(O)CNCc1ccc(C(=O)OC)cc1Br. The van der Waals surface area contributed by atoms with E-state index in [9.17, 15) is 9.90 Å². The van der Waals surface area contributed by atoms with E-state index in [4.69, 9.17) is 0 Å². The molecule has 0 amide bonds. The minimum Gasteiger partial charge on any atom is -0.465 e. The third kappa shape index (κ3) is 5.23. The van der Waals surface area contributed by atoms with Gasteiger partial charge in [0.05, 0.1) is 18.3 Å². The molecule has 20 heavy (non-hydrogen) atoms. The Labute approximate surface area is 128 Å². The zero-order valence-electron chi connectivity index (χ0n) is 12.2. The highest BCUT2D eigenvalue weighted by Crippen LogP contribution is 2.19. The van der Waals surface area contributed by atoms with Crippen molar-refractivity contribution in [1.29, 1.82) is 0 Å². The first kappa shape index (κ1) is 17.1. The molecule has 0 aromatic heterocycles. The predicted octanol–water partition coefficient (Wildman–Crippen LogP) is 2.88. The largest absolute Gasteiger partial charge is 0.465 e. The standard InChI is InChI=1S/C15H22BrNO3/c1-4-7-15(2,19)10-17-9-12-6-5-11(8-13(12)16)14(18)20-3/h5-6,8,17,19H,4,7,9-10H2,1-3H3. The van der Waals surface area contributed by atoms with Gasteiger partial charge >= 0.3 is 5.97 Å². The van der Waals surface area contributed by atoms with Crippen LogP contribution in [0.1, 0.15) is 42.6 Å². The molecule has 0 saturated heterocycles. The number of ether oxygens (including phenoxy) is 1. The van der Waals surface area contributed by atoms with Crippen LogP contribution in [0.2, 0.25) is 0 Å². The lowest BCUT2D eigenvalue weighted by molar-refractivity contribution is 0.0497. The Morgan fingerprint density at radius 3 is 2.75 bits per heavy atom. The highest BCUT2D eigenvalue weighted by molar-refractivity contribution is 9.10. The van der Waals surface area contributed by atoms with Gasteiger partial charge in [0, 0.05) is 17.6 Å². The van der Waals surface area contributed by atoms with Gasteiger partial charge in [0.1, 0.15) is 0 Å². The number of hydrogen-bond donors (Lipinski definition) is 2. The van der Waals surface area contributed by atoms with E-state index in [-0.39, 0.29) is 5.97 Å². The van der Waals surface area contributed by atoms with Crippen molar-refractivity contribution in [3.05, 3.63) is 33.8 Å². The highest BCUT2D eigenvalue weighted by Gasteiger charge is 2.18. The summed E-state index contributed by atoms with van der Waals surface area (Å²) in [5, 5.41) is 13.3. The van der Waals surface area contributed by atoms with Crippen LogP contribution < -0.4 is 5.32 Å². The number of hydrogen-bond acceptors (Lipinski definition) is 4. The fourth-order valence-corrected chi connectivity index (χ4v) is 2.55. The van der Waals surface area contributed by atoms with Crippen LogP contribution in [0.15, 0.2) is 22.7 Å². The molecule has 0 aliphatic carbocycles. The van der Waals surface area contributed by atoms with Gasteiger partial charge in [0.15, 0.2) is 0 Å². The Morgan fingerprint density at radius 1 is 1.50 bits per heavy atom. The van der Waals surface area contributed by atoms with E-state index in [0.29, 0.717) is 18.7 Å². The van der Waals surface area contributed by atoms with Gasteiger partial charge in [-0.05, 0) is 31.0 Å². The van der Waals surface area contributed by atoms with Gasteiger partial charge in [-0.2, -0.15) is 0 Å². The second-order valence-corrected chi connectivity index (χ2v) is 6.00. The molecule has 1 atom stereocenters. The van der Waals surface area contributed by atoms with Crippen molar-refractivity contribution in [2.45, 2.75) is 38.8 Å². The summed E-state index contributed by atoms with van der Waals surface area (Å²) in [6.07, 6.45) is 1.72. The van der Waals surface area contributed by atoms with E-state index in [1.165, 1.54) is 7.11 Å². The molecule has 2 N–H and O–H groups in total. The molecule has 5 heteroatoms. The summed E-state index contributed by atoms with van der Waals surface area (Å²) in [6.45, 7) is 5.05. The molecule has 0 spiro atoms. The van der Waals surface area contributed by atoms with Gasteiger partial charge in [-0.15, -0.1) is 0 Å². The number of rotatable bonds is 7. The van der Waals surface area contributed by atoms with Gasteiger partial charge < -0.3 is 15.2 Å². The molecular formula is C15H22BrNO3. The van der Waals surface area contributed by atoms with Gasteiger partial charge in [0.25, 0.3) is 0 Å². The summed E-state index contributed by atoms with van der Waals surface area (Å²) < 4.78 is 5.53. The van der Waals surface area contributed by atoms with Crippen LogP contribution in [-0.2, 0) is 11.3 Å². The van der Waals surface area contributed by atoms with Crippen LogP contribution in [0.4, 0.5) is 0 Å². The highest BCUT2D eigenvalue weighted by atomic mass is 79.9. The summed E-state index contributed by atoms with van der Waals surface area (Å²) in [5.41, 5.74) is 0.860. The normalized spacial score (nSPS) is 13.8. The number of aliphatic hydroxyl groups is 1. The van der Waals surface area contributed by atoms with Gasteiger partial charge in [-0.1, -0.05) is 35.3 Å². The minimum absolute atomic E-state index is 0.351. The zero-order chi connectivity index (χ0) is 15.2. The topological polar surface area (TPSA) is 58.6 Å². The first-order chi connectivity index (χ1) is 9.39. The van der Waals surface area contributed by atoms with Crippen LogP contribution in [0, 0.1) is 0 Å². The third-order valence-corrected chi connectivity index (χ3v) is 3.82. The number of benzene rings is 1.